The van der Waals surface area contributed by atoms with Crippen LogP contribution in [0.2, 0.25) is 0 Å². The van der Waals surface area contributed by atoms with Crippen LogP contribution < -0.4 is 14.8 Å². The van der Waals surface area contributed by atoms with Gasteiger partial charge in [0.05, 0.1) is 4.53 Å². The molecule has 5 aromatic rings. The van der Waals surface area contributed by atoms with E-state index in [1.165, 1.54) is 27.0 Å². The maximum Gasteiger partial charge on any atom is 0.291 e. The van der Waals surface area contributed by atoms with Gasteiger partial charge in [0, 0.05) is 5.56 Å². The van der Waals surface area contributed by atoms with Crippen LogP contribution >= 0.6 is 11.3 Å². The lowest BCUT2D eigenvalue weighted by atomic mass is 10.1. The number of hydrogen-bond acceptors (Lipinski definition) is 5. The minimum atomic E-state index is -0.157. The number of nitrogens with zero attached hydrogens (tertiary/aromatic N) is 3. The van der Waals surface area contributed by atoms with Crippen LogP contribution in [0.25, 0.3) is 22.4 Å². The van der Waals surface area contributed by atoms with Crippen molar-refractivity contribution in [2.24, 2.45) is 0 Å². The summed E-state index contributed by atoms with van der Waals surface area (Å²) in [6.07, 6.45) is 1.86. The number of thiazole rings is 1. The highest BCUT2D eigenvalue weighted by atomic mass is 32.1. The van der Waals surface area contributed by atoms with Gasteiger partial charge in [0.2, 0.25) is 4.96 Å². The molecule has 0 unspecified atom stereocenters. The summed E-state index contributed by atoms with van der Waals surface area (Å²) >= 11 is 1.34. The second-order valence-electron chi connectivity index (χ2n) is 7.75. The van der Waals surface area contributed by atoms with E-state index in [0.29, 0.717) is 21.9 Å². The first-order valence-corrected chi connectivity index (χ1v) is 11.1. The lowest BCUT2D eigenvalue weighted by molar-refractivity contribution is 0.306. The monoisotopic (exact) mass is 439 g/mol. The Labute approximate surface area is 189 Å². The van der Waals surface area contributed by atoms with Crippen molar-refractivity contribution < 1.29 is 4.74 Å². The van der Waals surface area contributed by atoms with Crippen molar-refractivity contribution in [3.63, 3.8) is 0 Å². The number of ether oxygens (including phenoxy) is 1. The predicted molar refractivity (Wildman–Crippen MR) is 128 cm³/mol. The third-order valence-corrected chi connectivity index (χ3v) is 6.15. The first-order valence-electron chi connectivity index (χ1n) is 10.3. The van der Waals surface area contributed by atoms with Gasteiger partial charge in [0.15, 0.2) is 5.82 Å². The van der Waals surface area contributed by atoms with E-state index in [0.717, 1.165) is 22.4 Å². The maximum atomic E-state index is 12.8. The van der Waals surface area contributed by atoms with Crippen molar-refractivity contribution in [2.45, 2.75) is 20.5 Å². The van der Waals surface area contributed by atoms with Crippen LogP contribution in [0.4, 0.5) is 0 Å². The van der Waals surface area contributed by atoms with E-state index in [4.69, 9.17) is 4.74 Å². The number of aromatic nitrogens is 3. The van der Waals surface area contributed by atoms with Gasteiger partial charge in [-0.15, -0.1) is 5.10 Å². The fourth-order valence-corrected chi connectivity index (χ4v) is 4.23. The predicted octanol–water partition coefficient (Wildman–Crippen LogP) is 4.56. The standard InChI is InChI=1S/C26H21N3O2S/c1-17-3-7-20(8-4-17)16-31-22-13-9-19(10-14-22)15-23-25(30)29-26(32-23)27-24(28-29)21-11-5-18(2)6-12-21/h3-15H,16H2,1-2H3/b23-15+. The highest BCUT2D eigenvalue weighted by molar-refractivity contribution is 7.15. The van der Waals surface area contributed by atoms with Crippen molar-refractivity contribution in [3.8, 4) is 17.1 Å². The van der Waals surface area contributed by atoms with E-state index in [-0.39, 0.29) is 5.56 Å². The smallest absolute Gasteiger partial charge is 0.291 e. The van der Waals surface area contributed by atoms with Crippen LogP contribution in [0, 0.1) is 13.8 Å². The largest absolute Gasteiger partial charge is 0.489 e. The number of rotatable bonds is 5. The molecule has 0 aliphatic rings. The fourth-order valence-electron chi connectivity index (χ4n) is 3.32. The van der Waals surface area contributed by atoms with Gasteiger partial charge < -0.3 is 4.74 Å². The van der Waals surface area contributed by atoms with E-state index in [1.807, 2.05) is 61.5 Å². The summed E-state index contributed by atoms with van der Waals surface area (Å²) < 4.78 is 7.84. The van der Waals surface area contributed by atoms with Crippen LogP contribution in [0.5, 0.6) is 5.75 Å². The fraction of sp³-hybridized carbons (Fsp3) is 0.115. The lowest BCUT2D eigenvalue weighted by Crippen LogP contribution is -2.23. The van der Waals surface area contributed by atoms with Gasteiger partial charge in [-0.2, -0.15) is 9.50 Å². The van der Waals surface area contributed by atoms with Crippen molar-refractivity contribution >= 4 is 22.4 Å². The Balaban J connectivity index is 1.35. The molecule has 0 bridgehead atoms. The molecule has 0 aliphatic carbocycles. The number of fused-ring (bicyclic) bond motifs is 1. The molecule has 2 heterocycles. The highest BCUT2D eigenvalue weighted by Crippen LogP contribution is 2.18. The maximum absolute atomic E-state index is 12.8. The quantitative estimate of drug-likeness (QED) is 0.403. The molecule has 0 saturated heterocycles. The summed E-state index contributed by atoms with van der Waals surface area (Å²) in [5.74, 6) is 1.35. The van der Waals surface area contributed by atoms with Crippen LogP contribution in [0.15, 0.2) is 77.6 Å². The summed E-state index contributed by atoms with van der Waals surface area (Å²) in [7, 11) is 0. The van der Waals surface area contributed by atoms with Gasteiger partial charge in [0.1, 0.15) is 12.4 Å². The Morgan fingerprint density at radius 1 is 0.906 bits per heavy atom. The number of benzene rings is 3. The molecule has 0 saturated carbocycles. The molecule has 6 heteroatoms. The van der Waals surface area contributed by atoms with Crippen molar-refractivity contribution in [1.29, 1.82) is 0 Å². The average Bonchev–Trinajstić information content (AvgIpc) is 3.34. The van der Waals surface area contributed by atoms with Crippen molar-refractivity contribution in [3.05, 3.63) is 110 Å². The van der Waals surface area contributed by atoms with Crippen molar-refractivity contribution in [2.75, 3.05) is 0 Å². The van der Waals surface area contributed by atoms with E-state index >= 15 is 0 Å². The van der Waals surface area contributed by atoms with Crippen LogP contribution in [-0.2, 0) is 6.61 Å². The summed E-state index contributed by atoms with van der Waals surface area (Å²) in [5.41, 5.74) is 5.19. The highest BCUT2D eigenvalue weighted by Gasteiger charge is 2.11. The summed E-state index contributed by atoms with van der Waals surface area (Å²) in [4.78, 5) is 17.9. The summed E-state index contributed by atoms with van der Waals surface area (Å²) in [6, 6.07) is 24.0. The molecule has 32 heavy (non-hydrogen) atoms. The Morgan fingerprint density at radius 3 is 2.22 bits per heavy atom. The van der Waals surface area contributed by atoms with E-state index < -0.39 is 0 Å². The SMILES string of the molecule is Cc1ccc(COc2ccc(/C=c3/sc4nc(-c5ccc(C)cc5)nn4c3=O)cc2)cc1. The first-order chi connectivity index (χ1) is 15.5. The van der Waals surface area contributed by atoms with Gasteiger partial charge in [-0.25, -0.2) is 0 Å². The molecule has 0 aliphatic heterocycles. The normalized spacial score (nSPS) is 11.9. The minimum Gasteiger partial charge on any atom is -0.489 e. The molecule has 0 spiro atoms. The van der Waals surface area contributed by atoms with Crippen molar-refractivity contribution in [1.82, 2.24) is 14.6 Å². The van der Waals surface area contributed by atoms with Crippen LogP contribution in [0.3, 0.4) is 0 Å². The van der Waals surface area contributed by atoms with Crippen LogP contribution in [0.1, 0.15) is 22.3 Å². The van der Waals surface area contributed by atoms with E-state index in [1.54, 1.807) is 0 Å². The first kappa shape index (κ1) is 20.2. The number of aryl methyl sites for hydroxylation is 2. The Kier molecular flexibility index (Phi) is 5.29. The molecule has 3 aromatic carbocycles. The second kappa shape index (κ2) is 8.40. The lowest BCUT2D eigenvalue weighted by Gasteiger charge is -2.06. The topological polar surface area (TPSA) is 56.5 Å². The summed E-state index contributed by atoms with van der Waals surface area (Å²) in [6.45, 7) is 4.62. The molecular formula is C26H21N3O2S. The Bertz CT molecular complexity index is 1480. The molecule has 0 atom stereocenters. The van der Waals surface area contributed by atoms with Gasteiger partial charge in [-0.3, -0.25) is 4.79 Å². The molecule has 0 N–H and O–H groups in total. The molecule has 0 radical (unpaired) electrons. The zero-order valence-corrected chi connectivity index (χ0v) is 18.6. The summed E-state index contributed by atoms with van der Waals surface area (Å²) in [5, 5.41) is 4.41. The average molecular weight is 440 g/mol. The molecule has 5 rings (SSSR count). The number of hydrogen-bond donors (Lipinski definition) is 0. The Morgan fingerprint density at radius 2 is 1.56 bits per heavy atom. The molecule has 5 nitrogen and oxygen atoms in total. The van der Waals surface area contributed by atoms with E-state index in [2.05, 4.69) is 41.3 Å². The zero-order valence-electron chi connectivity index (χ0n) is 17.8. The third-order valence-electron chi connectivity index (χ3n) is 5.20. The molecular weight excluding hydrogens is 418 g/mol. The van der Waals surface area contributed by atoms with Gasteiger partial charge in [0.25, 0.3) is 5.56 Å². The third kappa shape index (κ3) is 4.18. The molecule has 2 aromatic heterocycles. The minimum absolute atomic E-state index is 0.157. The molecule has 0 fully saturated rings. The zero-order chi connectivity index (χ0) is 22.1. The van der Waals surface area contributed by atoms with E-state index in [9.17, 15) is 4.79 Å². The molecule has 158 valence electrons. The molecule has 0 amide bonds. The second-order valence-corrected chi connectivity index (χ2v) is 8.76. The Hall–Kier alpha value is -3.77. The van der Waals surface area contributed by atoms with Gasteiger partial charge in [-0.1, -0.05) is 83.1 Å². The van der Waals surface area contributed by atoms with Gasteiger partial charge >= 0.3 is 0 Å². The van der Waals surface area contributed by atoms with Gasteiger partial charge in [-0.05, 0) is 43.2 Å². The van der Waals surface area contributed by atoms with Crippen LogP contribution in [-0.4, -0.2) is 14.6 Å².